The predicted octanol–water partition coefficient (Wildman–Crippen LogP) is 8.36. The molecule has 2 aromatic rings. The number of quaternary nitrogens is 1. The molecule has 0 N–H and O–H groups in total. The van der Waals surface area contributed by atoms with Crippen LogP contribution in [0.25, 0.3) is 0 Å². The van der Waals surface area contributed by atoms with E-state index in [-0.39, 0.29) is 4.90 Å². The smallest absolute Gasteiger partial charge is 0.237 e. The number of rotatable bonds is 17. The van der Waals surface area contributed by atoms with Crippen molar-refractivity contribution in [3.63, 3.8) is 0 Å². The van der Waals surface area contributed by atoms with Gasteiger partial charge in [-0.25, -0.2) is 8.42 Å². The molecule has 0 saturated heterocycles. The van der Waals surface area contributed by atoms with E-state index in [0.717, 1.165) is 5.69 Å². The molecule has 9 heteroatoms. The summed E-state index contributed by atoms with van der Waals surface area (Å²) < 4.78 is 25.6. The summed E-state index contributed by atoms with van der Waals surface area (Å²) in [6.45, 7) is 15.0. The number of hydrogen-bond acceptors (Lipinski definition) is 7. The Morgan fingerprint density at radius 1 is 0.690 bits per heavy atom. The predicted molar refractivity (Wildman–Crippen MR) is 173 cm³/mol. The minimum Gasteiger partial charge on any atom is -0.378 e. The summed E-state index contributed by atoms with van der Waals surface area (Å²) in [6, 6.07) is 16.0. The van der Waals surface area contributed by atoms with Gasteiger partial charge in [-0.15, -0.1) is 0 Å². The number of unbranched alkanes of at least 4 members (excludes halogenated alkanes) is 4. The summed E-state index contributed by atoms with van der Waals surface area (Å²) in [6.07, 6.45) is 11.1. The largest absolute Gasteiger partial charge is 0.378 e. The molecule has 2 rings (SSSR count). The van der Waals surface area contributed by atoms with E-state index in [9.17, 15) is 8.42 Å². The number of nitriles is 2. The van der Waals surface area contributed by atoms with Crippen molar-refractivity contribution in [2.45, 2.75) is 89.2 Å². The van der Waals surface area contributed by atoms with E-state index < -0.39 is 15.1 Å². The van der Waals surface area contributed by atoms with E-state index in [0.29, 0.717) is 11.4 Å². The van der Waals surface area contributed by atoms with Gasteiger partial charge in [0.25, 0.3) is 0 Å². The van der Waals surface area contributed by atoms with Gasteiger partial charge in [-0.1, -0.05) is 53.4 Å². The van der Waals surface area contributed by atoms with Crippen LogP contribution in [0.2, 0.25) is 0 Å². The van der Waals surface area contributed by atoms with E-state index in [2.05, 4.69) is 37.9 Å². The molecule has 0 spiro atoms. The van der Waals surface area contributed by atoms with Crippen molar-refractivity contribution < 1.29 is 12.9 Å². The Balaban J connectivity index is 0.000000456. The first-order chi connectivity index (χ1) is 20.1. The Morgan fingerprint density at radius 3 is 1.36 bits per heavy atom. The fourth-order valence-electron chi connectivity index (χ4n) is 4.58. The standard InChI is InChI=1S/C17H15N5O2S.C16H36N/c1-22(2)15-7-3-13(4-8-15)20-21-14-5-9-16(10-6-14)25(23,24)17(11-18)12-19;1-5-9-13-17(14-10-6-2,15-11-7-3)16-12-8-4/h3-10,17H,1-2H3;5-16H2,1-4H3/q;+1. The fraction of sp³-hybridized carbons (Fsp3) is 0.576. The van der Waals surface area contributed by atoms with Crippen LogP contribution < -0.4 is 4.90 Å². The lowest BCUT2D eigenvalue weighted by Gasteiger charge is -2.39. The van der Waals surface area contributed by atoms with Crippen LogP contribution in [0.4, 0.5) is 17.1 Å². The third-order valence-corrected chi connectivity index (χ3v) is 9.06. The summed E-state index contributed by atoms with van der Waals surface area (Å²) in [4.78, 5) is 1.87. The van der Waals surface area contributed by atoms with Gasteiger partial charge in [-0.3, -0.25) is 0 Å². The van der Waals surface area contributed by atoms with Crippen LogP contribution in [0.3, 0.4) is 0 Å². The second kappa shape index (κ2) is 19.8. The van der Waals surface area contributed by atoms with Gasteiger partial charge in [-0.2, -0.15) is 20.8 Å². The van der Waals surface area contributed by atoms with E-state index >= 15 is 0 Å². The Kier molecular flexibility index (Phi) is 17.3. The molecule has 42 heavy (non-hydrogen) atoms. The van der Waals surface area contributed by atoms with Gasteiger partial charge in [0.2, 0.25) is 15.1 Å². The first kappa shape index (κ1) is 36.8. The highest BCUT2D eigenvalue weighted by Gasteiger charge is 2.27. The number of anilines is 1. The maximum absolute atomic E-state index is 12.1. The molecule has 0 aliphatic heterocycles. The molecule has 8 nitrogen and oxygen atoms in total. The molecular formula is C33H51N6O2S+. The maximum atomic E-state index is 12.1. The van der Waals surface area contributed by atoms with Gasteiger partial charge in [0.15, 0.2) is 0 Å². The van der Waals surface area contributed by atoms with Crippen molar-refractivity contribution >= 4 is 26.9 Å². The lowest BCUT2D eigenvalue weighted by molar-refractivity contribution is -0.929. The first-order valence-corrected chi connectivity index (χ1v) is 16.8. The number of azo groups is 1. The van der Waals surface area contributed by atoms with Crippen LogP contribution in [0, 0.1) is 22.7 Å². The molecular weight excluding hydrogens is 544 g/mol. The Hall–Kier alpha value is -3.27. The summed E-state index contributed by atoms with van der Waals surface area (Å²) in [7, 11) is -0.118. The highest BCUT2D eigenvalue weighted by Crippen LogP contribution is 2.24. The molecule has 230 valence electrons. The monoisotopic (exact) mass is 595 g/mol. The minimum absolute atomic E-state index is 0.102. The quantitative estimate of drug-likeness (QED) is 0.135. The summed E-state index contributed by atoms with van der Waals surface area (Å²) >= 11 is 0. The Labute approximate surface area is 255 Å². The number of sulfone groups is 1. The highest BCUT2D eigenvalue weighted by atomic mass is 32.2. The third kappa shape index (κ3) is 12.3. The van der Waals surface area contributed by atoms with Gasteiger partial charge < -0.3 is 9.38 Å². The number of nitrogens with zero attached hydrogens (tertiary/aromatic N) is 6. The van der Waals surface area contributed by atoms with E-state index in [4.69, 9.17) is 10.5 Å². The van der Waals surface area contributed by atoms with E-state index in [1.54, 1.807) is 0 Å². The van der Waals surface area contributed by atoms with Gasteiger partial charge in [0, 0.05) is 19.8 Å². The van der Waals surface area contributed by atoms with Gasteiger partial charge in [0.05, 0.1) is 54.6 Å². The Bertz CT molecular complexity index is 1190. The van der Waals surface area contributed by atoms with Gasteiger partial charge >= 0.3 is 0 Å². The van der Waals surface area contributed by atoms with Gasteiger partial charge in [-0.05, 0) is 74.2 Å². The van der Waals surface area contributed by atoms with Crippen molar-refractivity contribution in [3.05, 3.63) is 48.5 Å². The zero-order chi connectivity index (χ0) is 31.4. The van der Waals surface area contributed by atoms with Crippen molar-refractivity contribution in [2.75, 3.05) is 45.2 Å². The average Bonchev–Trinajstić information content (AvgIpc) is 3.00. The van der Waals surface area contributed by atoms with Crippen molar-refractivity contribution in [3.8, 4) is 12.1 Å². The second-order valence-corrected chi connectivity index (χ2v) is 13.0. The summed E-state index contributed by atoms with van der Waals surface area (Å²) in [5.74, 6) is 0. The highest BCUT2D eigenvalue weighted by molar-refractivity contribution is 7.92. The third-order valence-electron chi connectivity index (χ3n) is 7.30. The normalized spacial score (nSPS) is 11.5. The first-order valence-electron chi connectivity index (χ1n) is 15.3. The second-order valence-electron chi connectivity index (χ2n) is 10.9. The molecule has 0 aromatic heterocycles. The summed E-state index contributed by atoms with van der Waals surface area (Å²) in [5, 5.41) is 23.9. The lowest BCUT2D eigenvalue weighted by atomic mass is 10.1. The average molecular weight is 596 g/mol. The van der Waals surface area contributed by atoms with Crippen LogP contribution in [-0.2, 0) is 9.84 Å². The number of benzene rings is 2. The van der Waals surface area contributed by atoms with Crippen LogP contribution in [0.1, 0.15) is 79.1 Å². The molecule has 0 amide bonds. The lowest BCUT2D eigenvalue weighted by Crippen LogP contribution is -2.50. The van der Waals surface area contributed by atoms with E-state index in [1.807, 2.05) is 43.3 Å². The molecule has 0 unspecified atom stereocenters. The molecule has 0 aliphatic rings. The van der Waals surface area contributed by atoms with Crippen LogP contribution >= 0.6 is 0 Å². The van der Waals surface area contributed by atoms with Crippen molar-refractivity contribution in [2.24, 2.45) is 10.2 Å². The molecule has 0 atom stereocenters. The molecule has 0 saturated carbocycles. The minimum atomic E-state index is -4.00. The molecule has 0 radical (unpaired) electrons. The zero-order valence-corrected chi connectivity index (χ0v) is 27.4. The summed E-state index contributed by atoms with van der Waals surface area (Å²) in [5.41, 5.74) is 2.16. The molecule has 2 aromatic carbocycles. The maximum Gasteiger partial charge on any atom is 0.237 e. The van der Waals surface area contributed by atoms with Crippen LogP contribution in [-0.4, -0.2) is 58.4 Å². The van der Waals surface area contributed by atoms with Crippen LogP contribution in [0.5, 0.6) is 0 Å². The van der Waals surface area contributed by atoms with Crippen LogP contribution in [0.15, 0.2) is 63.7 Å². The van der Waals surface area contributed by atoms with Gasteiger partial charge in [0.1, 0.15) is 0 Å². The molecule has 0 fully saturated rings. The molecule has 0 bridgehead atoms. The zero-order valence-electron chi connectivity index (χ0n) is 26.6. The SMILES string of the molecule is CCCC[N+](CCCC)(CCCC)CCCC.CN(C)c1ccc(N=Nc2ccc(S(=O)(=O)C(C#N)C#N)cc2)cc1. The fourth-order valence-corrected chi connectivity index (χ4v) is 5.65. The molecule has 0 heterocycles. The topological polar surface area (TPSA) is 110 Å². The Morgan fingerprint density at radius 2 is 1.05 bits per heavy atom. The molecule has 0 aliphatic carbocycles. The van der Waals surface area contributed by atoms with Crippen molar-refractivity contribution in [1.82, 2.24) is 0 Å². The van der Waals surface area contributed by atoms with E-state index in [1.165, 1.54) is 118 Å². The van der Waals surface area contributed by atoms with Crippen molar-refractivity contribution in [1.29, 1.82) is 10.5 Å². The number of hydrogen-bond donors (Lipinski definition) is 0.